The molecule has 0 aromatic heterocycles. The Morgan fingerprint density at radius 2 is 2.25 bits per heavy atom. The Kier molecular flexibility index (Phi) is 4.88. The van der Waals surface area contributed by atoms with E-state index in [9.17, 15) is 0 Å². The largest absolute Gasteiger partial charge is 0.128 e. The first-order chi connectivity index (χ1) is 1.91. The molecule has 4 heavy (non-hydrogen) atoms. The highest BCUT2D eigenvalue weighted by atomic mass is 127. The minimum Gasteiger partial charge on any atom is -0.128 e. The second-order valence-electron chi connectivity index (χ2n) is 0.689. The van der Waals surface area contributed by atoms with Crippen molar-refractivity contribution in [1.82, 2.24) is 0 Å². The summed E-state index contributed by atoms with van der Waals surface area (Å²) in [6.45, 7) is 2.23. The molecule has 0 aliphatic rings. The molecule has 0 spiro atoms. The van der Waals surface area contributed by atoms with Gasteiger partial charge in [-0.1, -0.05) is 13.0 Å². The molecule has 0 N–H and O–H groups in total. The lowest BCUT2D eigenvalue weighted by atomic mass is 11.0. The predicted molar refractivity (Wildman–Crippen MR) is 33.0 cm³/mol. The molecular formula is C2H7ISi. The minimum atomic E-state index is 0.394. The number of hydrogen-bond acceptors (Lipinski definition) is 0. The van der Waals surface area contributed by atoms with Crippen LogP contribution >= 0.6 is 21.8 Å². The molecule has 0 fully saturated rings. The van der Waals surface area contributed by atoms with E-state index >= 15 is 0 Å². The zero-order valence-electron chi connectivity index (χ0n) is 2.79. The SMILES string of the molecule is CC[SiH2]I. The summed E-state index contributed by atoms with van der Waals surface area (Å²) in [6, 6.07) is 1.44. The van der Waals surface area contributed by atoms with E-state index in [-0.39, 0.29) is 0 Å². The summed E-state index contributed by atoms with van der Waals surface area (Å²) in [7, 11) is 0.394. The van der Waals surface area contributed by atoms with Gasteiger partial charge in [0.25, 0.3) is 0 Å². The number of rotatable bonds is 1. The lowest BCUT2D eigenvalue weighted by molar-refractivity contribution is 1.48. The zero-order chi connectivity index (χ0) is 3.41. The van der Waals surface area contributed by atoms with Crippen molar-refractivity contribution in [3.8, 4) is 0 Å². The van der Waals surface area contributed by atoms with Crippen LogP contribution < -0.4 is 0 Å². The fourth-order valence-electron chi connectivity index (χ4n) is 0. The highest BCUT2D eigenvalue weighted by Gasteiger charge is 1.61. The maximum absolute atomic E-state index is 2.49. The second-order valence-corrected chi connectivity index (χ2v) is 5.30. The van der Waals surface area contributed by atoms with Gasteiger partial charge in [-0.05, 0) is 0 Å². The summed E-state index contributed by atoms with van der Waals surface area (Å²) >= 11 is 2.49. The molecule has 0 unspecified atom stereocenters. The molecule has 0 amide bonds. The fraction of sp³-hybridized carbons (Fsp3) is 1.00. The van der Waals surface area contributed by atoms with Gasteiger partial charge in [0.2, 0.25) is 0 Å². The third-order valence-corrected chi connectivity index (χ3v) is 3.80. The third-order valence-electron chi connectivity index (χ3n) is 0.189. The third kappa shape index (κ3) is 2.95. The van der Waals surface area contributed by atoms with E-state index in [0.29, 0.717) is 7.02 Å². The van der Waals surface area contributed by atoms with Gasteiger partial charge in [0, 0.05) is 0 Å². The second kappa shape index (κ2) is 3.95. The van der Waals surface area contributed by atoms with Crippen molar-refractivity contribution in [2.24, 2.45) is 0 Å². The lowest BCUT2D eigenvalue weighted by Crippen LogP contribution is -1.59. The monoisotopic (exact) mass is 186 g/mol. The van der Waals surface area contributed by atoms with Crippen molar-refractivity contribution in [3.63, 3.8) is 0 Å². The molecule has 0 nitrogen and oxygen atoms in total. The minimum absolute atomic E-state index is 0.394. The molecular weight excluding hydrogens is 179 g/mol. The summed E-state index contributed by atoms with van der Waals surface area (Å²) in [5, 5.41) is 0. The van der Waals surface area contributed by atoms with Gasteiger partial charge in [-0.15, -0.1) is 21.8 Å². The van der Waals surface area contributed by atoms with Gasteiger partial charge in [-0.3, -0.25) is 0 Å². The number of hydrogen-bond donors (Lipinski definition) is 0. The van der Waals surface area contributed by atoms with Crippen molar-refractivity contribution in [3.05, 3.63) is 0 Å². The first-order valence-electron chi connectivity index (χ1n) is 1.47. The summed E-state index contributed by atoms with van der Waals surface area (Å²) in [4.78, 5) is 0. The Labute approximate surface area is 42.0 Å². The Morgan fingerprint density at radius 1 is 2.00 bits per heavy atom. The van der Waals surface area contributed by atoms with Crippen LogP contribution in [-0.4, -0.2) is 7.02 Å². The van der Waals surface area contributed by atoms with Crippen LogP contribution in [-0.2, 0) is 0 Å². The highest BCUT2D eigenvalue weighted by molar-refractivity contribution is 14.1. The van der Waals surface area contributed by atoms with Gasteiger partial charge < -0.3 is 0 Å². The quantitative estimate of drug-likeness (QED) is 0.325. The standard InChI is InChI=1S/C2H7ISi/c1-2-4-3/h2,4H2,1H3. The first-order valence-corrected chi connectivity index (χ1v) is 7.59. The Balaban J connectivity index is 1.97. The average Bonchev–Trinajstić information content (AvgIpc) is 1.37. The van der Waals surface area contributed by atoms with E-state index in [2.05, 4.69) is 28.7 Å². The van der Waals surface area contributed by atoms with Crippen LogP contribution in [0.15, 0.2) is 0 Å². The van der Waals surface area contributed by atoms with Crippen LogP contribution in [0.3, 0.4) is 0 Å². The molecule has 0 radical (unpaired) electrons. The van der Waals surface area contributed by atoms with Gasteiger partial charge in [-0.2, -0.15) is 0 Å². The van der Waals surface area contributed by atoms with Crippen LogP contribution in [0, 0.1) is 0 Å². The molecule has 0 aromatic carbocycles. The molecule has 0 heterocycles. The van der Waals surface area contributed by atoms with Gasteiger partial charge in [-0.25, -0.2) is 0 Å². The van der Waals surface area contributed by atoms with Gasteiger partial charge >= 0.3 is 0 Å². The molecule has 0 saturated heterocycles. The van der Waals surface area contributed by atoms with E-state index in [1.165, 1.54) is 6.04 Å². The molecule has 0 aliphatic carbocycles. The van der Waals surface area contributed by atoms with Gasteiger partial charge in [0.1, 0.15) is 0 Å². The maximum Gasteiger partial charge on any atom is 0.0935 e. The van der Waals surface area contributed by atoms with Crippen molar-refractivity contribution in [2.75, 3.05) is 0 Å². The number of halogens is 1. The summed E-state index contributed by atoms with van der Waals surface area (Å²) in [6.07, 6.45) is 0. The normalized spacial score (nSPS) is 10.5. The Bertz CT molecular complexity index is 8.00. The van der Waals surface area contributed by atoms with Crippen LogP contribution in [0.1, 0.15) is 6.92 Å². The summed E-state index contributed by atoms with van der Waals surface area (Å²) in [5.74, 6) is 0. The van der Waals surface area contributed by atoms with E-state index in [1.54, 1.807) is 0 Å². The predicted octanol–water partition coefficient (Wildman–Crippen LogP) is 0.943. The maximum atomic E-state index is 2.49. The van der Waals surface area contributed by atoms with Crippen LogP contribution in [0.5, 0.6) is 0 Å². The van der Waals surface area contributed by atoms with E-state index in [1.807, 2.05) is 0 Å². The molecule has 0 bridgehead atoms. The lowest BCUT2D eigenvalue weighted by Gasteiger charge is -1.63. The molecule has 0 atom stereocenters. The summed E-state index contributed by atoms with van der Waals surface area (Å²) < 4.78 is 0. The topological polar surface area (TPSA) is 0 Å². The van der Waals surface area contributed by atoms with Crippen molar-refractivity contribution in [2.45, 2.75) is 13.0 Å². The fourth-order valence-corrected chi connectivity index (χ4v) is 0. The molecule has 2 heteroatoms. The molecule has 0 aliphatic heterocycles. The Hall–Kier alpha value is 0.947. The summed E-state index contributed by atoms with van der Waals surface area (Å²) in [5.41, 5.74) is 0. The average molecular weight is 186 g/mol. The van der Waals surface area contributed by atoms with Crippen LogP contribution in [0.4, 0.5) is 0 Å². The van der Waals surface area contributed by atoms with E-state index in [4.69, 9.17) is 0 Å². The zero-order valence-corrected chi connectivity index (χ0v) is 6.36. The molecule has 0 aromatic rings. The first kappa shape index (κ1) is 4.95. The van der Waals surface area contributed by atoms with Gasteiger partial charge in [0.15, 0.2) is 0 Å². The van der Waals surface area contributed by atoms with Crippen molar-refractivity contribution >= 4 is 28.8 Å². The molecule has 0 saturated carbocycles. The van der Waals surface area contributed by atoms with Crippen LogP contribution in [0.25, 0.3) is 0 Å². The van der Waals surface area contributed by atoms with Gasteiger partial charge in [0.05, 0.1) is 7.02 Å². The van der Waals surface area contributed by atoms with Crippen molar-refractivity contribution < 1.29 is 0 Å². The van der Waals surface area contributed by atoms with Crippen molar-refractivity contribution in [1.29, 1.82) is 0 Å². The van der Waals surface area contributed by atoms with Crippen LogP contribution in [0.2, 0.25) is 6.04 Å². The highest BCUT2D eigenvalue weighted by Crippen LogP contribution is 1.78. The van der Waals surface area contributed by atoms with E-state index in [0.717, 1.165) is 0 Å². The smallest absolute Gasteiger partial charge is 0.0935 e. The molecule has 0 rings (SSSR count). The molecule has 26 valence electrons. The van der Waals surface area contributed by atoms with E-state index < -0.39 is 0 Å². The Morgan fingerprint density at radius 3 is 2.25 bits per heavy atom.